The van der Waals surface area contributed by atoms with Gasteiger partial charge in [-0.3, -0.25) is 9.10 Å². The van der Waals surface area contributed by atoms with Crippen LogP contribution in [0.3, 0.4) is 0 Å². The van der Waals surface area contributed by atoms with Gasteiger partial charge in [-0.2, -0.15) is 0 Å². The summed E-state index contributed by atoms with van der Waals surface area (Å²) in [6.45, 7) is 3.33. The first-order chi connectivity index (χ1) is 14.7. The molecule has 31 heavy (non-hydrogen) atoms. The first-order valence-corrected chi connectivity index (χ1v) is 11.3. The molecule has 0 aliphatic heterocycles. The van der Waals surface area contributed by atoms with Crippen LogP contribution in [-0.4, -0.2) is 28.0 Å². The normalized spacial score (nSPS) is 11.1. The van der Waals surface area contributed by atoms with E-state index in [0.29, 0.717) is 22.1 Å². The summed E-state index contributed by atoms with van der Waals surface area (Å²) in [7, 11) is -2.50. The number of rotatable bonds is 7. The number of benzene rings is 3. The maximum Gasteiger partial charge on any atom is 0.264 e. The van der Waals surface area contributed by atoms with Crippen molar-refractivity contribution >= 4 is 38.9 Å². The molecule has 0 aliphatic carbocycles. The molecule has 8 heteroatoms. The number of ether oxygens (including phenoxy) is 1. The van der Waals surface area contributed by atoms with Crippen LogP contribution in [0.2, 0.25) is 5.02 Å². The summed E-state index contributed by atoms with van der Waals surface area (Å²) in [6.07, 6.45) is 0. The van der Waals surface area contributed by atoms with Gasteiger partial charge in [-0.05, 0) is 74.0 Å². The van der Waals surface area contributed by atoms with Crippen LogP contribution in [-0.2, 0) is 14.8 Å². The van der Waals surface area contributed by atoms with E-state index >= 15 is 0 Å². The van der Waals surface area contributed by atoms with Gasteiger partial charge in [0.2, 0.25) is 5.91 Å². The summed E-state index contributed by atoms with van der Waals surface area (Å²) in [5, 5.41) is 3.32. The highest BCUT2D eigenvalue weighted by molar-refractivity contribution is 7.92. The van der Waals surface area contributed by atoms with Crippen molar-refractivity contribution in [2.45, 2.75) is 18.7 Å². The second-order valence-corrected chi connectivity index (χ2v) is 9.33. The Kier molecular flexibility index (Phi) is 6.87. The topological polar surface area (TPSA) is 75.7 Å². The third-order valence-corrected chi connectivity index (χ3v) is 6.74. The van der Waals surface area contributed by atoms with Gasteiger partial charge in [0.1, 0.15) is 12.3 Å². The first kappa shape index (κ1) is 22.7. The molecular formula is C23H23ClN2O4S. The zero-order chi connectivity index (χ0) is 22.6. The van der Waals surface area contributed by atoms with Crippen molar-refractivity contribution in [3.63, 3.8) is 0 Å². The number of methoxy groups -OCH3 is 1. The summed E-state index contributed by atoms with van der Waals surface area (Å²) < 4.78 is 33.0. The van der Waals surface area contributed by atoms with Crippen LogP contribution in [0, 0.1) is 13.8 Å². The lowest BCUT2D eigenvalue weighted by Crippen LogP contribution is -2.38. The lowest BCUT2D eigenvalue weighted by Gasteiger charge is -2.24. The zero-order valence-corrected chi connectivity index (χ0v) is 19.0. The molecule has 0 radical (unpaired) electrons. The Bertz CT molecular complexity index is 1180. The van der Waals surface area contributed by atoms with Gasteiger partial charge in [0.05, 0.1) is 17.7 Å². The number of aryl methyl sites for hydroxylation is 2. The van der Waals surface area contributed by atoms with E-state index in [2.05, 4.69) is 5.32 Å². The molecule has 0 saturated heterocycles. The van der Waals surface area contributed by atoms with Gasteiger partial charge >= 0.3 is 0 Å². The fourth-order valence-corrected chi connectivity index (χ4v) is 4.64. The lowest BCUT2D eigenvalue weighted by atomic mass is 10.2. The highest BCUT2D eigenvalue weighted by Crippen LogP contribution is 2.26. The predicted molar refractivity (Wildman–Crippen MR) is 124 cm³/mol. The zero-order valence-electron chi connectivity index (χ0n) is 17.4. The molecule has 0 saturated carbocycles. The molecule has 3 aromatic carbocycles. The van der Waals surface area contributed by atoms with E-state index in [0.717, 1.165) is 15.4 Å². The monoisotopic (exact) mass is 458 g/mol. The van der Waals surface area contributed by atoms with Crippen LogP contribution in [0.15, 0.2) is 71.6 Å². The van der Waals surface area contributed by atoms with Crippen molar-refractivity contribution in [1.82, 2.24) is 0 Å². The quantitative estimate of drug-likeness (QED) is 0.551. The van der Waals surface area contributed by atoms with Gasteiger partial charge in [-0.1, -0.05) is 29.3 Å². The van der Waals surface area contributed by atoms with Gasteiger partial charge in [0.25, 0.3) is 10.0 Å². The third kappa shape index (κ3) is 5.37. The van der Waals surface area contributed by atoms with Crippen molar-refractivity contribution in [2.75, 3.05) is 23.3 Å². The van der Waals surface area contributed by atoms with E-state index < -0.39 is 15.9 Å². The number of hydrogen-bond donors (Lipinski definition) is 1. The van der Waals surface area contributed by atoms with Crippen molar-refractivity contribution in [3.8, 4) is 5.75 Å². The van der Waals surface area contributed by atoms with E-state index in [1.54, 1.807) is 54.6 Å². The standard InChI is InChI=1S/C23H23ClN2O4S/c1-16-4-7-19(8-5-16)26(31(28,29)21-11-9-20(30-3)10-12-21)15-23(27)25-22-13-6-18(24)14-17(22)2/h4-14H,15H2,1-3H3,(H,25,27). The molecule has 3 rings (SSSR count). The molecule has 0 unspecified atom stereocenters. The summed E-state index contributed by atoms with van der Waals surface area (Å²) >= 11 is 5.97. The Labute approximate surface area is 187 Å². The summed E-state index contributed by atoms with van der Waals surface area (Å²) in [4.78, 5) is 12.9. The van der Waals surface area contributed by atoms with Crippen LogP contribution in [0.5, 0.6) is 5.75 Å². The number of carbonyl (C=O) groups is 1. The van der Waals surface area contributed by atoms with Crippen LogP contribution in [0.4, 0.5) is 11.4 Å². The van der Waals surface area contributed by atoms with Crippen molar-refractivity contribution in [2.24, 2.45) is 0 Å². The highest BCUT2D eigenvalue weighted by atomic mass is 35.5. The van der Waals surface area contributed by atoms with E-state index in [-0.39, 0.29) is 11.4 Å². The fourth-order valence-electron chi connectivity index (χ4n) is 2.99. The van der Waals surface area contributed by atoms with Crippen LogP contribution in [0.1, 0.15) is 11.1 Å². The number of hydrogen-bond acceptors (Lipinski definition) is 4. The van der Waals surface area contributed by atoms with E-state index in [1.807, 2.05) is 13.8 Å². The van der Waals surface area contributed by atoms with E-state index in [9.17, 15) is 13.2 Å². The lowest BCUT2D eigenvalue weighted by molar-refractivity contribution is -0.114. The van der Waals surface area contributed by atoms with Crippen LogP contribution >= 0.6 is 11.6 Å². The Hall–Kier alpha value is -3.03. The minimum atomic E-state index is -4.00. The van der Waals surface area contributed by atoms with Crippen LogP contribution < -0.4 is 14.4 Å². The number of nitrogens with zero attached hydrogens (tertiary/aromatic N) is 1. The summed E-state index contributed by atoms with van der Waals surface area (Å²) in [6, 6.07) is 18.1. The van der Waals surface area contributed by atoms with Crippen molar-refractivity contribution < 1.29 is 17.9 Å². The minimum Gasteiger partial charge on any atom is -0.497 e. The Balaban J connectivity index is 1.94. The molecule has 0 fully saturated rings. The van der Waals surface area contributed by atoms with Gasteiger partial charge in [0, 0.05) is 10.7 Å². The summed E-state index contributed by atoms with van der Waals surface area (Å²) in [5.41, 5.74) is 2.72. The smallest absolute Gasteiger partial charge is 0.264 e. The maximum absolute atomic E-state index is 13.4. The number of amides is 1. The Morgan fingerprint density at radius 2 is 1.65 bits per heavy atom. The predicted octanol–water partition coefficient (Wildman–Crippen LogP) is 4.80. The van der Waals surface area contributed by atoms with Crippen molar-refractivity contribution in [3.05, 3.63) is 82.9 Å². The largest absolute Gasteiger partial charge is 0.497 e. The minimum absolute atomic E-state index is 0.0596. The molecule has 1 N–H and O–H groups in total. The molecule has 1 amide bonds. The van der Waals surface area contributed by atoms with E-state index in [4.69, 9.17) is 16.3 Å². The Morgan fingerprint density at radius 1 is 1.00 bits per heavy atom. The van der Waals surface area contributed by atoms with Gasteiger partial charge in [0.15, 0.2) is 0 Å². The molecule has 0 atom stereocenters. The third-order valence-electron chi connectivity index (χ3n) is 4.72. The van der Waals surface area contributed by atoms with Crippen molar-refractivity contribution in [1.29, 1.82) is 0 Å². The number of anilines is 2. The molecule has 0 heterocycles. The number of sulfonamides is 1. The number of halogens is 1. The average molecular weight is 459 g/mol. The second kappa shape index (κ2) is 9.41. The first-order valence-electron chi connectivity index (χ1n) is 9.50. The molecule has 6 nitrogen and oxygen atoms in total. The molecule has 162 valence electrons. The highest BCUT2D eigenvalue weighted by Gasteiger charge is 2.27. The molecule has 0 spiro atoms. The van der Waals surface area contributed by atoms with E-state index in [1.165, 1.54) is 19.2 Å². The molecule has 0 aromatic heterocycles. The summed E-state index contributed by atoms with van der Waals surface area (Å²) in [5.74, 6) is 0.0693. The second-order valence-electron chi connectivity index (χ2n) is 7.03. The molecule has 0 bridgehead atoms. The molecule has 3 aromatic rings. The number of carbonyl (C=O) groups excluding carboxylic acids is 1. The number of nitrogens with one attached hydrogen (secondary N) is 1. The molecular weight excluding hydrogens is 436 g/mol. The molecule has 0 aliphatic rings. The maximum atomic E-state index is 13.4. The Morgan fingerprint density at radius 3 is 2.23 bits per heavy atom. The van der Waals surface area contributed by atoms with Gasteiger partial charge < -0.3 is 10.1 Å². The average Bonchev–Trinajstić information content (AvgIpc) is 2.75. The van der Waals surface area contributed by atoms with Gasteiger partial charge in [-0.25, -0.2) is 8.42 Å². The SMILES string of the molecule is COc1ccc(S(=O)(=O)N(CC(=O)Nc2ccc(Cl)cc2C)c2ccc(C)cc2)cc1. The fraction of sp³-hybridized carbons (Fsp3) is 0.174. The van der Waals surface area contributed by atoms with Crippen LogP contribution in [0.25, 0.3) is 0 Å². The van der Waals surface area contributed by atoms with Gasteiger partial charge in [-0.15, -0.1) is 0 Å².